The van der Waals surface area contributed by atoms with E-state index in [2.05, 4.69) is 33.9 Å². The molecule has 0 aromatic heterocycles. The van der Waals surface area contributed by atoms with Gasteiger partial charge in [-0.2, -0.15) is 0 Å². The molecule has 0 bridgehead atoms. The summed E-state index contributed by atoms with van der Waals surface area (Å²) in [4.78, 5) is 0. The third-order valence-corrected chi connectivity index (χ3v) is 7.78. The minimum atomic E-state index is -1.66. The van der Waals surface area contributed by atoms with Crippen molar-refractivity contribution in [2.45, 2.75) is 58.2 Å². The van der Waals surface area contributed by atoms with E-state index in [1.165, 1.54) is 18.9 Å². The SMILES string of the molecule is CCCC(C)(C)[Si](C)(C)OCC/C=C\F. The fourth-order valence-corrected chi connectivity index (χ4v) is 3.44. The molecule has 0 N–H and O–H groups in total. The lowest BCUT2D eigenvalue weighted by Crippen LogP contribution is -2.42. The summed E-state index contributed by atoms with van der Waals surface area (Å²) in [6.07, 6.45) is 5.17. The van der Waals surface area contributed by atoms with Gasteiger partial charge in [0, 0.05) is 6.61 Å². The topological polar surface area (TPSA) is 9.23 Å². The van der Waals surface area contributed by atoms with Crippen LogP contribution in [0.4, 0.5) is 4.39 Å². The zero-order valence-corrected chi connectivity index (χ0v) is 11.8. The molecule has 0 radical (unpaired) electrons. The second-order valence-corrected chi connectivity index (χ2v) is 9.81. The summed E-state index contributed by atoms with van der Waals surface area (Å²) in [5, 5.41) is 0.293. The zero-order valence-electron chi connectivity index (χ0n) is 10.8. The highest BCUT2D eigenvalue weighted by molar-refractivity contribution is 6.74. The summed E-state index contributed by atoms with van der Waals surface area (Å²) in [7, 11) is -1.66. The monoisotopic (exact) mass is 232 g/mol. The first-order valence-electron chi connectivity index (χ1n) is 5.76. The van der Waals surface area contributed by atoms with Crippen LogP contribution in [0.25, 0.3) is 0 Å². The summed E-state index contributed by atoms with van der Waals surface area (Å²) in [5.74, 6) is 0. The minimum Gasteiger partial charge on any atom is -0.417 e. The molecule has 0 aromatic rings. The Morgan fingerprint density at radius 2 is 1.93 bits per heavy atom. The van der Waals surface area contributed by atoms with Gasteiger partial charge in [-0.25, -0.2) is 4.39 Å². The van der Waals surface area contributed by atoms with E-state index in [4.69, 9.17) is 4.43 Å². The molecule has 0 amide bonds. The van der Waals surface area contributed by atoms with Gasteiger partial charge < -0.3 is 4.43 Å². The molecule has 0 saturated heterocycles. The van der Waals surface area contributed by atoms with Crippen LogP contribution in [0, 0.1) is 0 Å². The second kappa shape index (κ2) is 6.43. The maximum Gasteiger partial charge on any atom is 0.192 e. The number of rotatable bonds is 7. The number of hydrogen-bond donors (Lipinski definition) is 0. The van der Waals surface area contributed by atoms with Crippen molar-refractivity contribution in [3.05, 3.63) is 12.4 Å². The van der Waals surface area contributed by atoms with Gasteiger partial charge in [0.05, 0.1) is 6.33 Å². The van der Waals surface area contributed by atoms with Gasteiger partial charge in [-0.15, -0.1) is 0 Å². The largest absolute Gasteiger partial charge is 0.417 e. The Bertz CT molecular complexity index is 200. The van der Waals surface area contributed by atoms with Gasteiger partial charge in [0.25, 0.3) is 0 Å². The van der Waals surface area contributed by atoms with Crippen LogP contribution in [0.5, 0.6) is 0 Å². The first-order valence-corrected chi connectivity index (χ1v) is 8.67. The first-order chi connectivity index (χ1) is 6.87. The van der Waals surface area contributed by atoms with Crippen molar-refractivity contribution in [2.24, 2.45) is 0 Å². The van der Waals surface area contributed by atoms with Gasteiger partial charge in [-0.3, -0.25) is 0 Å². The molecule has 0 aromatic carbocycles. The van der Waals surface area contributed by atoms with Crippen LogP contribution in [0.15, 0.2) is 12.4 Å². The van der Waals surface area contributed by atoms with Gasteiger partial charge in [0.1, 0.15) is 0 Å². The van der Waals surface area contributed by atoms with Crippen molar-refractivity contribution in [2.75, 3.05) is 6.61 Å². The summed E-state index contributed by atoms with van der Waals surface area (Å²) in [6.45, 7) is 11.9. The summed E-state index contributed by atoms with van der Waals surface area (Å²) < 4.78 is 17.7. The maximum absolute atomic E-state index is 11.7. The third-order valence-electron chi connectivity index (χ3n) is 3.34. The lowest BCUT2D eigenvalue weighted by atomic mass is 10.1. The fraction of sp³-hybridized carbons (Fsp3) is 0.833. The number of hydrogen-bond acceptors (Lipinski definition) is 1. The summed E-state index contributed by atoms with van der Waals surface area (Å²) in [6, 6.07) is 0. The van der Waals surface area contributed by atoms with E-state index in [0.717, 1.165) is 0 Å². The highest BCUT2D eigenvalue weighted by atomic mass is 28.4. The molecule has 0 fully saturated rings. The molecule has 0 aliphatic heterocycles. The molecule has 90 valence electrons. The van der Waals surface area contributed by atoms with Crippen molar-refractivity contribution in [1.29, 1.82) is 0 Å². The summed E-state index contributed by atoms with van der Waals surface area (Å²) in [5.41, 5.74) is 0. The van der Waals surface area contributed by atoms with Crippen LogP contribution in [0.2, 0.25) is 18.1 Å². The van der Waals surface area contributed by atoms with Gasteiger partial charge in [-0.1, -0.05) is 33.3 Å². The van der Waals surface area contributed by atoms with E-state index in [1.54, 1.807) is 0 Å². The van der Waals surface area contributed by atoms with Crippen molar-refractivity contribution < 1.29 is 8.82 Å². The quantitative estimate of drug-likeness (QED) is 0.458. The maximum atomic E-state index is 11.7. The van der Waals surface area contributed by atoms with E-state index in [-0.39, 0.29) is 0 Å². The van der Waals surface area contributed by atoms with Crippen molar-refractivity contribution in [1.82, 2.24) is 0 Å². The molecule has 3 heteroatoms. The molecule has 0 unspecified atom stereocenters. The lowest BCUT2D eigenvalue weighted by molar-refractivity contribution is 0.286. The van der Waals surface area contributed by atoms with Gasteiger partial charge in [0.2, 0.25) is 0 Å². The molecule has 15 heavy (non-hydrogen) atoms. The van der Waals surface area contributed by atoms with Gasteiger partial charge in [0.15, 0.2) is 8.32 Å². The van der Waals surface area contributed by atoms with E-state index >= 15 is 0 Å². The Morgan fingerprint density at radius 1 is 1.33 bits per heavy atom. The predicted molar refractivity (Wildman–Crippen MR) is 67.2 cm³/mol. The average Bonchev–Trinajstić information content (AvgIpc) is 2.12. The van der Waals surface area contributed by atoms with E-state index in [1.807, 2.05) is 0 Å². The fourth-order valence-electron chi connectivity index (χ4n) is 1.57. The molecule has 0 heterocycles. The van der Waals surface area contributed by atoms with Crippen LogP contribution in [0.3, 0.4) is 0 Å². The molecular formula is C12H25FOSi. The highest BCUT2D eigenvalue weighted by Gasteiger charge is 2.39. The molecule has 0 rings (SSSR count). The minimum absolute atomic E-state index is 0.293. The van der Waals surface area contributed by atoms with Crippen molar-refractivity contribution >= 4 is 8.32 Å². The predicted octanol–water partition coefficient (Wildman–Crippen LogP) is 4.66. The highest BCUT2D eigenvalue weighted by Crippen LogP contribution is 2.41. The molecule has 0 saturated carbocycles. The van der Waals surface area contributed by atoms with Crippen molar-refractivity contribution in [3.63, 3.8) is 0 Å². The Balaban J connectivity index is 4.14. The Labute approximate surface area is 94.8 Å². The molecule has 0 atom stereocenters. The van der Waals surface area contributed by atoms with Crippen LogP contribution in [-0.2, 0) is 4.43 Å². The van der Waals surface area contributed by atoms with Crippen LogP contribution in [0.1, 0.15) is 40.0 Å². The first kappa shape index (κ1) is 14.8. The molecule has 1 nitrogen and oxygen atoms in total. The Kier molecular flexibility index (Phi) is 6.37. The lowest BCUT2D eigenvalue weighted by Gasteiger charge is -2.39. The third kappa shape index (κ3) is 4.93. The standard InChI is InChI=1S/C12H25FOSi/c1-6-9-12(2,3)15(4,5)14-11-8-7-10-13/h7,10H,6,8-9,11H2,1-5H3/b10-7-. The normalized spacial score (nSPS) is 13.7. The second-order valence-electron chi connectivity index (χ2n) is 5.14. The Hall–Kier alpha value is -0.153. The smallest absolute Gasteiger partial charge is 0.192 e. The molecule has 0 spiro atoms. The van der Waals surface area contributed by atoms with E-state index in [0.29, 0.717) is 24.4 Å². The Morgan fingerprint density at radius 3 is 2.40 bits per heavy atom. The van der Waals surface area contributed by atoms with Gasteiger partial charge >= 0.3 is 0 Å². The van der Waals surface area contributed by atoms with E-state index < -0.39 is 8.32 Å². The molecule has 0 aliphatic carbocycles. The zero-order chi connectivity index (χ0) is 11.9. The number of halogens is 1. The van der Waals surface area contributed by atoms with Crippen molar-refractivity contribution in [3.8, 4) is 0 Å². The molecular weight excluding hydrogens is 207 g/mol. The molecule has 0 aliphatic rings. The average molecular weight is 232 g/mol. The van der Waals surface area contributed by atoms with Crippen LogP contribution < -0.4 is 0 Å². The van der Waals surface area contributed by atoms with Crippen LogP contribution in [-0.4, -0.2) is 14.9 Å². The summed E-state index contributed by atoms with van der Waals surface area (Å²) >= 11 is 0. The van der Waals surface area contributed by atoms with Crippen LogP contribution >= 0.6 is 0 Å². The van der Waals surface area contributed by atoms with Gasteiger partial charge in [-0.05, 0) is 31.0 Å². The van der Waals surface area contributed by atoms with E-state index in [9.17, 15) is 4.39 Å².